The number of benzene rings is 2. The Kier molecular flexibility index (Phi) is 8.24. The molecule has 9 heteroatoms. The van der Waals surface area contributed by atoms with Crippen molar-refractivity contribution < 1.29 is 19.1 Å². The zero-order valence-corrected chi connectivity index (χ0v) is 22.2. The molecule has 1 aliphatic carbocycles. The number of thiophene rings is 1. The summed E-state index contributed by atoms with van der Waals surface area (Å²) in [6.07, 6.45) is 5.76. The van der Waals surface area contributed by atoms with Crippen molar-refractivity contribution in [3.05, 3.63) is 79.7 Å². The molecule has 1 aliphatic rings. The van der Waals surface area contributed by atoms with Crippen LogP contribution in [0.25, 0.3) is 6.08 Å². The van der Waals surface area contributed by atoms with Crippen molar-refractivity contribution in [3.8, 4) is 11.5 Å². The van der Waals surface area contributed by atoms with Gasteiger partial charge in [-0.1, -0.05) is 42.3 Å². The van der Waals surface area contributed by atoms with Crippen molar-refractivity contribution in [1.82, 2.24) is 0 Å². The van der Waals surface area contributed by atoms with Crippen molar-refractivity contribution in [1.29, 1.82) is 0 Å². The summed E-state index contributed by atoms with van der Waals surface area (Å²) < 4.78 is 11.3. The van der Waals surface area contributed by atoms with Crippen LogP contribution in [0.4, 0.5) is 5.00 Å². The molecule has 3 N–H and O–H groups in total. The third-order valence-corrected chi connectivity index (χ3v) is 7.92. The van der Waals surface area contributed by atoms with E-state index in [0.717, 1.165) is 35.3 Å². The van der Waals surface area contributed by atoms with Gasteiger partial charge in [0.1, 0.15) is 11.6 Å². The monoisotopic (exact) mass is 544 g/mol. The topological polar surface area (TPSA) is 90.6 Å². The number of hydrogen-bond donors (Lipinski definition) is 2. The standard InChI is InChI=1S/C27H26Cl2N2O4S/c1-15-6-9-17-23(12-15)36-27(25(17)26(30)33)31-24(32)11-8-16-7-10-21(22(13-16)34-2)35-14-18-19(28)4-3-5-20(18)29/h3-5,7-8,10-11,13,15H,6,9,12,14H2,1-2H3,(H2,30,33)(H,31,32). The van der Waals surface area contributed by atoms with E-state index in [9.17, 15) is 9.59 Å². The number of anilines is 1. The molecule has 2 amide bonds. The highest BCUT2D eigenvalue weighted by atomic mass is 35.5. The molecule has 0 saturated heterocycles. The average Bonchev–Trinajstić information content (AvgIpc) is 3.19. The second kappa shape index (κ2) is 11.4. The molecule has 3 aromatic rings. The summed E-state index contributed by atoms with van der Waals surface area (Å²) in [5.74, 6) is 0.692. The Bertz CT molecular complexity index is 1320. The minimum absolute atomic E-state index is 0.179. The van der Waals surface area contributed by atoms with Gasteiger partial charge in [0.25, 0.3) is 5.91 Å². The summed E-state index contributed by atoms with van der Waals surface area (Å²) in [5.41, 5.74) is 8.47. The van der Waals surface area contributed by atoms with Gasteiger partial charge in [-0.3, -0.25) is 9.59 Å². The Morgan fingerprint density at radius 3 is 2.64 bits per heavy atom. The highest BCUT2D eigenvalue weighted by Crippen LogP contribution is 2.39. The molecule has 0 aliphatic heterocycles. The molecule has 1 heterocycles. The van der Waals surface area contributed by atoms with Crippen LogP contribution in [0.2, 0.25) is 10.0 Å². The highest BCUT2D eigenvalue weighted by Gasteiger charge is 2.27. The van der Waals surface area contributed by atoms with Crippen LogP contribution >= 0.6 is 34.5 Å². The molecule has 4 rings (SSSR count). The van der Waals surface area contributed by atoms with E-state index in [-0.39, 0.29) is 12.5 Å². The number of carbonyl (C=O) groups is 2. The second-order valence-corrected chi connectivity index (χ2v) is 10.6. The molecule has 0 bridgehead atoms. The normalized spacial score (nSPS) is 14.9. The highest BCUT2D eigenvalue weighted by molar-refractivity contribution is 7.17. The van der Waals surface area contributed by atoms with E-state index in [1.54, 1.807) is 42.5 Å². The molecule has 1 unspecified atom stereocenters. The number of hydrogen-bond acceptors (Lipinski definition) is 5. The van der Waals surface area contributed by atoms with Gasteiger partial charge in [0.15, 0.2) is 11.5 Å². The lowest BCUT2D eigenvalue weighted by molar-refractivity contribution is -0.111. The molecule has 1 aromatic heterocycles. The van der Waals surface area contributed by atoms with Gasteiger partial charge < -0.3 is 20.5 Å². The lowest BCUT2D eigenvalue weighted by Gasteiger charge is -2.18. The molecular weight excluding hydrogens is 519 g/mol. The molecule has 0 spiro atoms. The molecule has 188 valence electrons. The maximum Gasteiger partial charge on any atom is 0.251 e. The molecule has 2 aromatic carbocycles. The van der Waals surface area contributed by atoms with E-state index in [0.29, 0.717) is 43.6 Å². The number of primary amides is 1. The van der Waals surface area contributed by atoms with Gasteiger partial charge in [-0.25, -0.2) is 0 Å². The molecule has 6 nitrogen and oxygen atoms in total. The third-order valence-electron chi connectivity index (χ3n) is 6.04. The SMILES string of the molecule is COc1cc(C=CC(=O)Nc2sc3c(c2C(N)=O)CCC(C)C3)ccc1OCc1c(Cl)cccc1Cl. The summed E-state index contributed by atoms with van der Waals surface area (Å²) in [7, 11) is 1.54. The van der Waals surface area contributed by atoms with Gasteiger partial charge in [-0.15, -0.1) is 11.3 Å². The molecule has 0 radical (unpaired) electrons. The van der Waals surface area contributed by atoms with E-state index in [2.05, 4.69) is 12.2 Å². The molecule has 0 fully saturated rings. The van der Waals surface area contributed by atoms with Crippen LogP contribution in [0.15, 0.2) is 42.5 Å². The van der Waals surface area contributed by atoms with Crippen LogP contribution in [0, 0.1) is 5.92 Å². The largest absolute Gasteiger partial charge is 0.493 e. The van der Waals surface area contributed by atoms with Gasteiger partial charge in [0.2, 0.25) is 5.91 Å². The van der Waals surface area contributed by atoms with Crippen molar-refractivity contribution in [2.75, 3.05) is 12.4 Å². The lowest BCUT2D eigenvalue weighted by atomic mass is 9.88. The van der Waals surface area contributed by atoms with Crippen molar-refractivity contribution in [3.63, 3.8) is 0 Å². The molecule has 36 heavy (non-hydrogen) atoms. The summed E-state index contributed by atoms with van der Waals surface area (Å²) >= 11 is 13.9. The van der Waals surface area contributed by atoms with E-state index < -0.39 is 5.91 Å². The molecule has 0 saturated carbocycles. The van der Waals surface area contributed by atoms with Gasteiger partial charge >= 0.3 is 0 Å². The first-order valence-electron chi connectivity index (χ1n) is 11.4. The summed E-state index contributed by atoms with van der Waals surface area (Å²) in [6.45, 7) is 2.36. The molecule has 1 atom stereocenters. The second-order valence-electron chi connectivity index (χ2n) is 8.64. The van der Waals surface area contributed by atoms with Crippen LogP contribution in [-0.4, -0.2) is 18.9 Å². The van der Waals surface area contributed by atoms with Crippen LogP contribution in [0.5, 0.6) is 11.5 Å². The fourth-order valence-electron chi connectivity index (χ4n) is 4.15. The number of amides is 2. The van der Waals surface area contributed by atoms with Crippen LogP contribution < -0.4 is 20.5 Å². The minimum atomic E-state index is -0.514. The van der Waals surface area contributed by atoms with Crippen LogP contribution in [0.1, 0.15) is 45.3 Å². The average molecular weight is 545 g/mol. The van der Waals surface area contributed by atoms with E-state index in [1.165, 1.54) is 24.5 Å². The van der Waals surface area contributed by atoms with Gasteiger partial charge in [0.05, 0.1) is 12.7 Å². The number of nitrogens with one attached hydrogen (secondary N) is 1. The van der Waals surface area contributed by atoms with E-state index >= 15 is 0 Å². The van der Waals surface area contributed by atoms with Crippen molar-refractivity contribution in [2.24, 2.45) is 11.7 Å². The first-order valence-corrected chi connectivity index (χ1v) is 13.0. The smallest absolute Gasteiger partial charge is 0.251 e. The quantitative estimate of drug-likeness (QED) is 0.316. The maximum absolute atomic E-state index is 12.7. The van der Waals surface area contributed by atoms with Crippen molar-refractivity contribution in [2.45, 2.75) is 32.8 Å². The number of methoxy groups -OCH3 is 1. The zero-order valence-electron chi connectivity index (χ0n) is 19.9. The number of halogens is 2. The Morgan fingerprint density at radius 2 is 1.94 bits per heavy atom. The van der Waals surface area contributed by atoms with Gasteiger partial charge in [-0.2, -0.15) is 0 Å². The predicted molar refractivity (Wildman–Crippen MR) is 145 cm³/mol. The Labute approximate surface area is 224 Å². The number of carbonyl (C=O) groups excluding carboxylic acids is 2. The van der Waals surface area contributed by atoms with Crippen LogP contribution in [-0.2, 0) is 24.2 Å². The fraction of sp³-hybridized carbons (Fsp3) is 0.259. The molecular formula is C27H26Cl2N2O4S. The number of fused-ring (bicyclic) bond motifs is 1. The van der Waals surface area contributed by atoms with Gasteiger partial charge in [0, 0.05) is 26.6 Å². The Balaban J connectivity index is 1.46. The van der Waals surface area contributed by atoms with Gasteiger partial charge in [-0.05, 0) is 66.6 Å². The van der Waals surface area contributed by atoms with E-state index in [1.807, 2.05) is 0 Å². The van der Waals surface area contributed by atoms with Crippen molar-refractivity contribution >= 4 is 57.4 Å². The van der Waals surface area contributed by atoms with Crippen LogP contribution in [0.3, 0.4) is 0 Å². The minimum Gasteiger partial charge on any atom is -0.493 e. The Hall–Kier alpha value is -3.00. The first kappa shape index (κ1) is 26.1. The summed E-state index contributed by atoms with van der Waals surface area (Å²) in [6, 6.07) is 10.6. The number of nitrogens with two attached hydrogens (primary N) is 1. The lowest BCUT2D eigenvalue weighted by Crippen LogP contribution is -2.18. The van der Waals surface area contributed by atoms with E-state index in [4.69, 9.17) is 38.4 Å². The number of rotatable bonds is 8. The summed E-state index contributed by atoms with van der Waals surface area (Å²) in [4.78, 5) is 25.9. The summed E-state index contributed by atoms with van der Waals surface area (Å²) in [5, 5.41) is 4.39. The maximum atomic E-state index is 12.7. The Morgan fingerprint density at radius 1 is 1.19 bits per heavy atom. The first-order chi connectivity index (χ1) is 17.3. The zero-order chi connectivity index (χ0) is 25.8. The number of ether oxygens (including phenoxy) is 2. The predicted octanol–water partition coefficient (Wildman–Crippen LogP) is 6.52. The fourth-order valence-corrected chi connectivity index (χ4v) is 6.08. The third kappa shape index (κ3) is 5.86.